The fourth-order valence-electron chi connectivity index (χ4n) is 2.08. The van der Waals surface area contributed by atoms with E-state index in [1.165, 1.54) is 24.3 Å². The van der Waals surface area contributed by atoms with Gasteiger partial charge in [-0.05, 0) is 30.2 Å². The van der Waals surface area contributed by atoms with Crippen molar-refractivity contribution in [3.05, 3.63) is 29.8 Å². The average Bonchev–Trinajstić information content (AvgIpc) is 2.44. The molecule has 0 aliphatic carbocycles. The first kappa shape index (κ1) is 17.6. The van der Waals surface area contributed by atoms with E-state index in [9.17, 15) is 13.5 Å². The summed E-state index contributed by atoms with van der Waals surface area (Å²) >= 11 is 0. The molecule has 21 heavy (non-hydrogen) atoms. The molecule has 5 nitrogen and oxygen atoms in total. The van der Waals surface area contributed by atoms with Crippen LogP contribution in [0, 0.1) is 22.7 Å². The molecule has 0 amide bonds. The van der Waals surface area contributed by atoms with Gasteiger partial charge in [0.1, 0.15) is 0 Å². The van der Waals surface area contributed by atoms with Crippen molar-refractivity contribution in [2.24, 2.45) is 11.3 Å². The van der Waals surface area contributed by atoms with Crippen LogP contribution in [0.5, 0.6) is 0 Å². The van der Waals surface area contributed by atoms with E-state index in [1.54, 1.807) is 0 Å². The molecule has 2 N–H and O–H groups in total. The highest BCUT2D eigenvalue weighted by Gasteiger charge is 2.31. The summed E-state index contributed by atoms with van der Waals surface area (Å²) in [5, 5.41) is 18.8. The van der Waals surface area contributed by atoms with E-state index in [0.29, 0.717) is 5.56 Å². The third kappa shape index (κ3) is 4.53. The first-order valence-electron chi connectivity index (χ1n) is 6.78. The number of nitrogens with one attached hydrogen (secondary N) is 1. The number of nitrogens with zero attached hydrogens (tertiary/aromatic N) is 1. The zero-order valence-corrected chi connectivity index (χ0v) is 13.6. The Kier molecular flexibility index (Phi) is 5.51. The number of hydrogen-bond donors (Lipinski definition) is 2. The van der Waals surface area contributed by atoms with E-state index in [2.05, 4.69) is 4.72 Å². The third-order valence-electron chi connectivity index (χ3n) is 3.44. The van der Waals surface area contributed by atoms with E-state index < -0.39 is 21.5 Å². The van der Waals surface area contributed by atoms with E-state index in [-0.39, 0.29) is 17.4 Å². The van der Waals surface area contributed by atoms with Crippen LogP contribution in [-0.4, -0.2) is 26.2 Å². The lowest BCUT2D eigenvalue weighted by atomic mass is 9.81. The highest BCUT2D eigenvalue weighted by atomic mass is 32.2. The molecule has 0 aliphatic heterocycles. The molecule has 1 atom stereocenters. The number of benzene rings is 1. The zero-order valence-electron chi connectivity index (χ0n) is 12.8. The molecule has 0 heterocycles. The summed E-state index contributed by atoms with van der Waals surface area (Å²) < 4.78 is 26.9. The molecule has 0 aromatic heterocycles. The number of hydrogen-bond acceptors (Lipinski definition) is 4. The normalized spacial score (nSPS) is 14.0. The monoisotopic (exact) mass is 310 g/mol. The van der Waals surface area contributed by atoms with E-state index in [1.807, 2.05) is 33.8 Å². The highest BCUT2D eigenvalue weighted by Crippen LogP contribution is 2.25. The molecule has 6 heteroatoms. The first-order valence-corrected chi connectivity index (χ1v) is 8.26. The topological polar surface area (TPSA) is 90.2 Å². The highest BCUT2D eigenvalue weighted by molar-refractivity contribution is 7.89. The van der Waals surface area contributed by atoms with Gasteiger partial charge in [0.15, 0.2) is 0 Å². The van der Waals surface area contributed by atoms with Gasteiger partial charge < -0.3 is 5.11 Å². The minimum atomic E-state index is -3.65. The number of aliphatic hydroxyl groups is 1. The van der Waals surface area contributed by atoms with Crippen LogP contribution in [0.3, 0.4) is 0 Å². The summed E-state index contributed by atoms with van der Waals surface area (Å²) in [4.78, 5) is 0.108. The van der Waals surface area contributed by atoms with Crippen LogP contribution < -0.4 is 4.72 Å². The van der Waals surface area contributed by atoms with Crippen molar-refractivity contribution in [2.75, 3.05) is 6.54 Å². The van der Waals surface area contributed by atoms with Crippen molar-refractivity contribution in [1.29, 1.82) is 5.26 Å². The molecule has 0 saturated heterocycles. The molecule has 0 fully saturated rings. The van der Waals surface area contributed by atoms with Gasteiger partial charge in [0, 0.05) is 12.0 Å². The van der Waals surface area contributed by atoms with Crippen LogP contribution in [-0.2, 0) is 10.0 Å². The van der Waals surface area contributed by atoms with Crippen molar-refractivity contribution < 1.29 is 13.5 Å². The Morgan fingerprint density at radius 3 is 2.24 bits per heavy atom. The molecule has 1 rings (SSSR count). The molecule has 0 aliphatic rings. The molecule has 0 radical (unpaired) electrons. The second kappa shape index (κ2) is 6.56. The van der Waals surface area contributed by atoms with Gasteiger partial charge in [-0.2, -0.15) is 5.26 Å². The summed E-state index contributed by atoms with van der Waals surface area (Å²) in [5.41, 5.74) is -0.169. The molecular weight excluding hydrogens is 288 g/mol. The molecule has 1 aromatic carbocycles. The Morgan fingerprint density at radius 1 is 1.29 bits per heavy atom. The number of sulfonamides is 1. The summed E-state index contributed by atoms with van der Waals surface area (Å²) in [6.45, 7) is 7.55. The van der Waals surface area contributed by atoms with Crippen molar-refractivity contribution in [2.45, 2.75) is 38.7 Å². The molecule has 0 bridgehead atoms. The Labute approximate surface area is 126 Å². The van der Waals surface area contributed by atoms with Crippen molar-refractivity contribution in [3.63, 3.8) is 0 Å². The number of aliphatic hydroxyl groups excluding tert-OH is 1. The Bertz CT molecular complexity index is 613. The van der Waals surface area contributed by atoms with Gasteiger partial charge in [-0.1, -0.05) is 27.7 Å². The Hall–Kier alpha value is -1.42. The summed E-state index contributed by atoms with van der Waals surface area (Å²) in [5.74, 6) is 0.0411. The molecule has 0 saturated carbocycles. The summed E-state index contributed by atoms with van der Waals surface area (Å²) in [7, 11) is -3.65. The van der Waals surface area contributed by atoms with Crippen LogP contribution >= 0.6 is 0 Å². The molecule has 1 unspecified atom stereocenters. The second-order valence-electron chi connectivity index (χ2n) is 6.14. The molecule has 0 spiro atoms. The Morgan fingerprint density at radius 2 is 1.81 bits per heavy atom. The van der Waals surface area contributed by atoms with Crippen LogP contribution in [0.25, 0.3) is 0 Å². The summed E-state index contributed by atoms with van der Waals surface area (Å²) in [6, 6.07) is 7.65. The lowest BCUT2D eigenvalue weighted by molar-refractivity contribution is 0.0166. The van der Waals surface area contributed by atoms with Crippen LogP contribution in [0.15, 0.2) is 29.2 Å². The predicted octanol–water partition coefficient (Wildman–Crippen LogP) is 1.88. The fourth-order valence-corrected chi connectivity index (χ4v) is 3.30. The fraction of sp³-hybridized carbons (Fsp3) is 0.533. The van der Waals surface area contributed by atoms with Gasteiger partial charge in [0.2, 0.25) is 10.0 Å². The van der Waals surface area contributed by atoms with Gasteiger partial charge >= 0.3 is 0 Å². The average molecular weight is 310 g/mol. The molecule has 116 valence electrons. The van der Waals surface area contributed by atoms with Crippen molar-refractivity contribution in [3.8, 4) is 6.07 Å². The first-order chi connectivity index (χ1) is 9.60. The van der Waals surface area contributed by atoms with Crippen molar-refractivity contribution in [1.82, 2.24) is 4.72 Å². The second-order valence-corrected chi connectivity index (χ2v) is 7.91. The SMILES string of the molecule is CC(C)C(O)C(C)(C)CNS(=O)(=O)c1ccc(C#N)cc1. The minimum Gasteiger partial charge on any atom is -0.392 e. The largest absolute Gasteiger partial charge is 0.392 e. The van der Waals surface area contributed by atoms with Gasteiger partial charge in [-0.3, -0.25) is 0 Å². The van der Waals surface area contributed by atoms with E-state index in [4.69, 9.17) is 5.26 Å². The third-order valence-corrected chi connectivity index (χ3v) is 4.86. The van der Waals surface area contributed by atoms with Crippen LogP contribution in [0.4, 0.5) is 0 Å². The van der Waals surface area contributed by atoms with Crippen LogP contribution in [0.1, 0.15) is 33.3 Å². The lowest BCUT2D eigenvalue weighted by Gasteiger charge is -2.33. The van der Waals surface area contributed by atoms with Gasteiger partial charge in [-0.25, -0.2) is 13.1 Å². The number of nitriles is 1. The Balaban J connectivity index is 2.84. The zero-order chi connectivity index (χ0) is 16.3. The summed E-state index contributed by atoms with van der Waals surface area (Å²) in [6.07, 6.45) is -0.610. The van der Waals surface area contributed by atoms with Gasteiger partial charge in [-0.15, -0.1) is 0 Å². The molecule has 1 aromatic rings. The maximum absolute atomic E-state index is 12.2. The lowest BCUT2D eigenvalue weighted by Crippen LogP contribution is -2.43. The van der Waals surface area contributed by atoms with Gasteiger partial charge in [0.05, 0.1) is 22.6 Å². The minimum absolute atomic E-state index is 0.0411. The number of rotatable bonds is 6. The van der Waals surface area contributed by atoms with E-state index in [0.717, 1.165) is 0 Å². The molecular formula is C15H22N2O3S. The van der Waals surface area contributed by atoms with Gasteiger partial charge in [0.25, 0.3) is 0 Å². The standard InChI is InChI=1S/C15H22N2O3S/c1-11(2)14(18)15(3,4)10-17-21(19,20)13-7-5-12(9-16)6-8-13/h5-8,11,14,17-18H,10H2,1-4H3. The van der Waals surface area contributed by atoms with Crippen molar-refractivity contribution >= 4 is 10.0 Å². The quantitative estimate of drug-likeness (QED) is 0.839. The van der Waals surface area contributed by atoms with E-state index >= 15 is 0 Å². The maximum Gasteiger partial charge on any atom is 0.240 e. The van der Waals surface area contributed by atoms with Crippen LogP contribution in [0.2, 0.25) is 0 Å². The smallest absolute Gasteiger partial charge is 0.240 e. The maximum atomic E-state index is 12.2. The predicted molar refractivity (Wildman–Crippen MR) is 81.0 cm³/mol.